The van der Waals surface area contributed by atoms with Crippen molar-refractivity contribution in [2.24, 2.45) is 14.1 Å². The van der Waals surface area contributed by atoms with E-state index in [1.165, 1.54) is 42.1 Å². The lowest BCUT2D eigenvalue weighted by atomic mass is 10.0. The van der Waals surface area contributed by atoms with Gasteiger partial charge >= 0.3 is 0 Å². The first kappa shape index (κ1) is 30.4. The molecular weight excluding hydrogens is 634 g/mol. The molecule has 3 aromatic carbocycles. The zero-order valence-corrected chi connectivity index (χ0v) is 27.1. The van der Waals surface area contributed by atoms with Gasteiger partial charge in [-0.2, -0.15) is 5.10 Å². The molecule has 0 bridgehead atoms. The van der Waals surface area contributed by atoms with Crippen LogP contribution in [0.1, 0.15) is 5.56 Å². The molecule has 13 heteroatoms. The van der Waals surface area contributed by atoms with Crippen molar-refractivity contribution < 1.29 is 16.8 Å². The van der Waals surface area contributed by atoms with Crippen LogP contribution >= 0.6 is 11.6 Å². The Labute approximate surface area is 265 Å². The molecule has 0 aliphatic heterocycles. The fourth-order valence-corrected chi connectivity index (χ4v) is 7.50. The predicted octanol–water partition coefficient (Wildman–Crippen LogP) is 5.75. The lowest BCUT2D eigenvalue weighted by molar-refractivity contribution is 0.589. The van der Waals surface area contributed by atoms with E-state index in [-0.39, 0.29) is 21.0 Å². The maximum absolute atomic E-state index is 14.3. The first-order chi connectivity index (χ1) is 21.2. The van der Waals surface area contributed by atoms with Crippen LogP contribution in [0.5, 0.6) is 0 Å². The van der Waals surface area contributed by atoms with Crippen LogP contribution in [0.15, 0.2) is 106 Å². The minimum atomic E-state index is -4.30. The minimum Gasteiger partial charge on any atom is -0.355 e. The van der Waals surface area contributed by atoms with Gasteiger partial charge in [-0.15, -0.1) is 0 Å². The summed E-state index contributed by atoms with van der Waals surface area (Å²) in [5, 5.41) is 8.42. The van der Waals surface area contributed by atoms with Crippen LogP contribution in [0.4, 0.5) is 11.4 Å². The monoisotopic (exact) mass is 661 g/mol. The standard InChI is InChI=1S/C32H28ClN5O5S2/c1-20-5-11-24(12-6-20)45(42,43)38-30(21-17-34-37(3)18-21)16-27-28(19-36(2)32(39)31(27)38)26-15-25(44(4,40)41)13-14-29(26)35-23-9-7-22(33)8-10-23/h5-19,35H,1-4H3. The highest BCUT2D eigenvalue weighted by molar-refractivity contribution is 7.90. The van der Waals surface area contributed by atoms with Crippen LogP contribution in [-0.4, -0.2) is 41.4 Å². The molecule has 3 heterocycles. The summed E-state index contributed by atoms with van der Waals surface area (Å²) in [6.45, 7) is 1.85. The zero-order valence-electron chi connectivity index (χ0n) is 24.7. The Morgan fingerprint density at radius 2 is 1.49 bits per heavy atom. The summed E-state index contributed by atoms with van der Waals surface area (Å²) < 4.78 is 57.9. The molecule has 0 radical (unpaired) electrons. The summed E-state index contributed by atoms with van der Waals surface area (Å²) in [6, 6.07) is 19.7. The Kier molecular flexibility index (Phi) is 7.46. The van der Waals surface area contributed by atoms with Gasteiger partial charge in [-0.05, 0) is 67.6 Å². The van der Waals surface area contributed by atoms with E-state index in [0.29, 0.717) is 38.5 Å². The number of halogens is 1. The Morgan fingerprint density at radius 1 is 0.822 bits per heavy atom. The van der Waals surface area contributed by atoms with Crippen molar-refractivity contribution in [1.29, 1.82) is 0 Å². The van der Waals surface area contributed by atoms with E-state index < -0.39 is 25.4 Å². The van der Waals surface area contributed by atoms with Gasteiger partial charge in [0.15, 0.2) is 9.84 Å². The maximum Gasteiger partial charge on any atom is 0.275 e. The van der Waals surface area contributed by atoms with Crippen LogP contribution < -0.4 is 10.9 Å². The van der Waals surface area contributed by atoms with Gasteiger partial charge in [0.25, 0.3) is 15.6 Å². The highest BCUT2D eigenvalue weighted by Crippen LogP contribution is 2.40. The Bertz CT molecular complexity index is 2390. The molecule has 0 atom stereocenters. The Morgan fingerprint density at radius 3 is 2.11 bits per heavy atom. The first-order valence-electron chi connectivity index (χ1n) is 13.7. The van der Waals surface area contributed by atoms with Gasteiger partial charge < -0.3 is 9.88 Å². The number of anilines is 2. The highest BCUT2D eigenvalue weighted by atomic mass is 35.5. The molecule has 0 aliphatic carbocycles. The molecule has 0 fully saturated rings. The van der Waals surface area contributed by atoms with E-state index in [9.17, 15) is 21.6 Å². The van der Waals surface area contributed by atoms with E-state index in [1.807, 2.05) is 6.92 Å². The molecule has 230 valence electrons. The molecule has 10 nitrogen and oxygen atoms in total. The average Bonchev–Trinajstić information content (AvgIpc) is 3.61. The molecular formula is C32H28ClN5O5S2. The zero-order chi connectivity index (χ0) is 32.3. The number of nitrogens with one attached hydrogen (secondary N) is 1. The number of aryl methyl sites for hydroxylation is 3. The molecule has 1 N–H and O–H groups in total. The second-order valence-electron chi connectivity index (χ2n) is 10.8. The van der Waals surface area contributed by atoms with Gasteiger partial charge in [0.1, 0.15) is 5.52 Å². The fourth-order valence-electron chi connectivity index (χ4n) is 5.20. The molecule has 0 amide bonds. The molecule has 0 spiro atoms. The van der Waals surface area contributed by atoms with Crippen molar-refractivity contribution >= 4 is 53.7 Å². The molecule has 0 saturated carbocycles. The maximum atomic E-state index is 14.3. The van der Waals surface area contributed by atoms with Gasteiger partial charge in [0.05, 0.1) is 21.7 Å². The summed E-state index contributed by atoms with van der Waals surface area (Å²) in [4.78, 5) is 13.9. The lowest BCUT2D eigenvalue weighted by Gasteiger charge is -2.16. The Balaban J connectivity index is 1.72. The number of sulfone groups is 1. The SMILES string of the molecule is Cc1ccc(S(=O)(=O)n2c(-c3cnn(C)c3)cc3c(-c4cc(S(C)(=O)=O)ccc4Nc4ccc(Cl)cc4)cn(C)c(=O)c32)cc1. The van der Waals surface area contributed by atoms with Crippen LogP contribution in [0.25, 0.3) is 33.3 Å². The Hall–Kier alpha value is -4.65. The van der Waals surface area contributed by atoms with E-state index in [2.05, 4.69) is 10.4 Å². The van der Waals surface area contributed by atoms with Crippen LogP contribution in [-0.2, 0) is 34.0 Å². The second-order valence-corrected chi connectivity index (χ2v) is 15.1. The normalized spacial score (nSPS) is 12.1. The lowest BCUT2D eigenvalue weighted by Crippen LogP contribution is -2.23. The van der Waals surface area contributed by atoms with Crippen molar-refractivity contribution in [2.75, 3.05) is 11.6 Å². The topological polar surface area (TPSA) is 125 Å². The largest absolute Gasteiger partial charge is 0.355 e. The molecule has 6 rings (SSSR count). The first-order valence-corrected chi connectivity index (χ1v) is 17.4. The minimum absolute atomic E-state index is 0.00682. The van der Waals surface area contributed by atoms with Gasteiger partial charge in [-0.3, -0.25) is 9.48 Å². The van der Waals surface area contributed by atoms with Gasteiger partial charge in [0, 0.05) is 71.2 Å². The highest BCUT2D eigenvalue weighted by Gasteiger charge is 2.29. The number of nitrogens with zero attached hydrogens (tertiary/aromatic N) is 4. The van der Waals surface area contributed by atoms with Crippen molar-refractivity contribution in [3.05, 3.63) is 112 Å². The predicted molar refractivity (Wildman–Crippen MR) is 176 cm³/mol. The number of rotatable bonds is 7. The third-order valence-electron chi connectivity index (χ3n) is 7.49. The van der Waals surface area contributed by atoms with E-state index in [0.717, 1.165) is 15.8 Å². The van der Waals surface area contributed by atoms with Crippen LogP contribution in [0.3, 0.4) is 0 Å². The van der Waals surface area contributed by atoms with Crippen molar-refractivity contribution in [3.63, 3.8) is 0 Å². The number of aromatic nitrogens is 4. The average molecular weight is 662 g/mol. The number of fused-ring (bicyclic) bond motifs is 1. The molecule has 6 aromatic rings. The molecule has 0 saturated heterocycles. The molecule has 45 heavy (non-hydrogen) atoms. The smallest absolute Gasteiger partial charge is 0.275 e. The third kappa shape index (κ3) is 5.56. The van der Waals surface area contributed by atoms with Crippen LogP contribution in [0.2, 0.25) is 5.02 Å². The molecule has 0 aliphatic rings. The van der Waals surface area contributed by atoms with Crippen molar-refractivity contribution in [2.45, 2.75) is 16.7 Å². The van der Waals surface area contributed by atoms with E-state index >= 15 is 0 Å². The third-order valence-corrected chi connectivity index (χ3v) is 10.6. The summed E-state index contributed by atoms with van der Waals surface area (Å²) in [5.74, 6) is 0. The molecule has 3 aromatic heterocycles. The van der Waals surface area contributed by atoms with Crippen LogP contribution in [0, 0.1) is 6.92 Å². The fraction of sp³-hybridized carbons (Fsp3) is 0.125. The van der Waals surface area contributed by atoms with Gasteiger partial charge in [-0.1, -0.05) is 29.3 Å². The van der Waals surface area contributed by atoms with Gasteiger partial charge in [0.2, 0.25) is 0 Å². The quantitative estimate of drug-likeness (QED) is 0.231. The number of pyridine rings is 1. The summed E-state index contributed by atoms with van der Waals surface area (Å²) in [6.07, 6.45) is 5.88. The summed E-state index contributed by atoms with van der Waals surface area (Å²) >= 11 is 6.08. The number of hydrogen-bond acceptors (Lipinski definition) is 7. The van der Waals surface area contributed by atoms with Crippen molar-refractivity contribution in [3.8, 4) is 22.4 Å². The number of hydrogen-bond donors (Lipinski definition) is 1. The second kappa shape index (κ2) is 11.1. The number of benzene rings is 3. The van der Waals surface area contributed by atoms with E-state index in [4.69, 9.17) is 11.6 Å². The molecule has 0 unspecified atom stereocenters. The van der Waals surface area contributed by atoms with E-state index in [1.54, 1.807) is 72.7 Å². The van der Waals surface area contributed by atoms with Gasteiger partial charge in [-0.25, -0.2) is 20.8 Å². The summed E-state index contributed by atoms with van der Waals surface area (Å²) in [7, 11) is -4.70. The van der Waals surface area contributed by atoms with Crippen molar-refractivity contribution in [1.82, 2.24) is 18.3 Å². The summed E-state index contributed by atoms with van der Waals surface area (Å²) in [5.41, 5.74) is 3.04.